The molecular formula is C16H13ClN6O3. The van der Waals surface area contributed by atoms with Gasteiger partial charge in [0, 0.05) is 5.69 Å². The van der Waals surface area contributed by atoms with Crippen LogP contribution >= 0.6 is 11.6 Å². The third kappa shape index (κ3) is 3.95. The van der Waals surface area contributed by atoms with Crippen LogP contribution < -0.4 is 16.3 Å². The number of nitrogens with zero attached hydrogens (tertiary/aromatic N) is 4. The molecule has 0 aliphatic heterocycles. The number of carbonyl (C=O) groups excluding carboxylic acids is 2. The summed E-state index contributed by atoms with van der Waals surface area (Å²) < 4.78 is 1.80. The van der Waals surface area contributed by atoms with Gasteiger partial charge in [-0.05, 0) is 34.7 Å². The van der Waals surface area contributed by atoms with Crippen LogP contribution in [0.5, 0.6) is 0 Å². The molecule has 2 aromatic carbocycles. The van der Waals surface area contributed by atoms with Gasteiger partial charge in [-0.15, -0.1) is 0 Å². The molecule has 3 rings (SSSR count). The van der Waals surface area contributed by atoms with Crippen molar-refractivity contribution >= 4 is 29.2 Å². The fourth-order valence-corrected chi connectivity index (χ4v) is 2.35. The predicted molar refractivity (Wildman–Crippen MR) is 94.2 cm³/mol. The van der Waals surface area contributed by atoms with Crippen LogP contribution in [0.15, 0.2) is 59.4 Å². The fraction of sp³-hybridized carbons (Fsp3) is 0.0625. The van der Waals surface area contributed by atoms with Crippen LogP contribution in [0.3, 0.4) is 0 Å². The Labute approximate surface area is 152 Å². The smallest absolute Gasteiger partial charge is 0.308 e. The summed E-state index contributed by atoms with van der Waals surface area (Å²) in [5, 5.41) is 12.3. The van der Waals surface area contributed by atoms with Gasteiger partial charge in [-0.1, -0.05) is 41.9 Å². The van der Waals surface area contributed by atoms with Crippen molar-refractivity contribution < 1.29 is 9.59 Å². The van der Waals surface area contributed by atoms with E-state index in [1.807, 2.05) is 0 Å². The van der Waals surface area contributed by atoms with Gasteiger partial charge in [-0.2, -0.15) is 9.36 Å². The first-order chi connectivity index (χ1) is 12.5. The zero-order valence-corrected chi connectivity index (χ0v) is 14.1. The molecule has 0 aliphatic rings. The standard InChI is InChI=1S/C16H13ClN6O3/c17-12-8-4-5-9-13(12)23-16(26)22(20-21-23)10-14(24)19-15(25)18-11-6-2-1-3-7-11/h1-9H,10H2,(H2,18,19,24,25). The number of anilines is 1. The Morgan fingerprint density at radius 3 is 2.42 bits per heavy atom. The number of urea groups is 1. The first kappa shape index (κ1) is 17.4. The number of para-hydroxylation sites is 2. The van der Waals surface area contributed by atoms with E-state index < -0.39 is 24.2 Å². The SMILES string of the molecule is O=C(Cn1nnn(-c2ccccc2Cl)c1=O)NC(=O)Nc1ccccc1. The molecule has 3 amide bonds. The quantitative estimate of drug-likeness (QED) is 0.719. The molecule has 0 aliphatic carbocycles. The Morgan fingerprint density at radius 2 is 1.69 bits per heavy atom. The molecule has 0 unspecified atom stereocenters. The molecule has 132 valence electrons. The van der Waals surface area contributed by atoms with E-state index in [0.29, 0.717) is 16.4 Å². The second-order valence-corrected chi connectivity index (χ2v) is 5.56. The van der Waals surface area contributed by atoms with Crippen LogP contribution in [0.25, 0.3) is 5.69 Å². The molecule has 10 heteroatoms. The minimum absolute atomic E-state index is 0.313. The van der Waals surface area contributed by atoms with E-state index in [1.165, 1.54) is 0 Å². The lowest BCUT2D eigenvalue weighted by Crippen LogP contribution is -2.39. The highest BCUT2D eigenvalue weighted by atomic mass is 35.5. The van der Waals surface area contributed by atoms with E-state index in [0.717, 1.165) is 9.36 Å². The molecule has 2 N–H and O–H groups in total. The molecule has 9 nitrogen and oxygen atoms in total. The minimum Gasteiger partial charge on any atom is -0.308 e. The number of hydrogen-bond donors (Lipinski definition) is 2. The molecule has 0 fully saturated rings. The summed E-state index contributed by atoms with van der Waals surface area (Å²) in [6.45, 7) is -0.467. The van der Waals surface area contributed by atoms with E-state index in [1.54, 1.807) is 54.6 Å². The Balaban J connectivity index is 1.66. The largest absolute Gasteiger partial charge is 0.369 e. The first-order valence-corrected chi connectivity index (χ1v) is 7.86. The summed E-state index contributed by atoms with van der Waals surface area (Å²) in [6, 6.07) is 14.5. The summed E-state index contributed by atoms with van der Waals surface area (Å²) in [7, 11) is 0. The Morgan fingerprint density at radius 1 is 1.00 bits per heavy atom. The number of rotatable bonds is 4. The fourth-order valence-electron chi connectivity index (χ4n) is 2.13. The van der Waals surface area contributed by atoms with Gasteiger partial charge in [0.25, 0.3) is 0 Å². The summed E-state index contributed by atoms with van der Waals surface area (Å²) in [5.74, 6) is -0.716. The number of halogens is 1. The summed E-state index contributed by atoms with van der Waals surface area (Å²) in [6.07, 6.45) is 0. The van der Waals surface area contributed by atoms with Crippen LogP contribution in [0.1, 0.15) is 0 Å². The van der Waals surface area contributed by atoms with Gasteiger partial charge >= 0.3 is 11.7 Å². The topological polar surface area (TPSA) is 111 Å². The molecule has 0 saturated carbocycles. The third-order valence-corrected chi connectivity index (χ3v) is 3.62. The van der Waals surface area contributed by atoms with Crippen LogP contribution in [0.2, 0.25) is 5.02 Å². The van der Waals surface area contributed by atoms with Crippen LogP contribution in [-0.2, 0) is 11.3 Å². The van der Waals surface area contributed by atoms with Crippen molar-refractivity contribution in [2.24, 2.45) is 0 Å². The van der Waals surface area contributed by atoms with Crippen molar-refractivity contribution in [3.63, 3.8) is 0 Å². The van der Waals surface area contributed by atoms with E-state index in [9.17, 15) is 14.4 Å². The monoisotopic (exact) mass is 372 g/mol. The van der Waals surface area contributed by atoms with E-state index in [4.69, 9.17) is 11.6 Å². The Kier molecular flexibility index (Phi) is 5.09. The minimum atomic E-state index is -0.716. The Hall–Kier alpha value is -3.46. The van der Waals surface area contributed by atoms with Gasteiger partial charge in [0.1, 0.15) is 6.54 Å². The lowest BCUT2D eigenvalue weighted by Gasteiger charge is -2.06. The zero-order chi connectivity index (χ0) is 18.5. The van der Waals surface area contributed by atoms with Crippen molar-refractivity contribution in [1.29, 1.82) is 0 Å². The maximum Gasteiger partial charge on any atom is 0.369 e. The van der Waals surface area contributed by atoms with Gasteiger partial charge < -0.3 is 5.32 Å². The van der Waals surface area contributed by atoms with Crippen molar-refractivity contribution in [3.8, 4) is 5.69 Å². The number of tetrazole rings is 1. The molecule has 3 aromatic rings. The maximum atomic E-state index is 12.3. The van der Waals surface area contributed by atoms with Gasteiger partial charge in [0.05, 0.1) is 10.7 Å². The second kappa shape index (κ2) is 7.62. The molecular weight excluding hydrogens is 360 g/mol. The van der Waals surface area contributed by atoms with Crippen LogP contribution in [-0.4, -0.2) is 31.7 Å². The number of imide groups is 1. The molecule has 1 aromatic heterocycles. The van der Waals surface area contributed by atoms with E-state index in [-0.39, 0.29) is 0 Å². The third-order valence-electron chi connectivity index (χ3n) is 3.30. The highest BCUT2D eigenvalue weighted by Gasteiger charge is 2.15. The van der Waals surface area contributed by atoms with Gasteiger partial charge in [0.2, 0.25) is 5.91 Å². The molecule has 0 atom stereocenters. The van der Waals surface area contributed by atoms with Crippen LogP contribution in [0.4, 0.5) is 10.5 Å². The number of nitrogens with one attached hydrogen (secondary N) is 2. The summed E-state index contributed by atoms with van der Waals surface area (Å²) in [4.78, 5) is 36.0. The van der Waals surface area contributed by atoms with Gasteiger partial charge in [0.15, 0.2) is 0 Å². The highest BCUT2D eigenvalue weighted by molar-refractivity contribution is 6.32. The number of hydrogen-bond acceptors (Lipinski definition) is 5. The lowest BCUT2D eigenvalue weighted by molar-refractivity contribution is -0.120. The second-order valence-electron chi connectivity index (χ2n) is 5.15. The number of aromatic nitrogens is 4. The summed E-state index contributed by atoms with van der Waals surface area (Å²) >= 11 is 6.02. The molecule has 26 heavy (non-hydrogen) atoms. The van der Waals surface area contributed by atoms with Crippen molar-refractivity contribution in [3.05, 3.63) is 70.1 Å². The molecule has 1 heterocycles. The average molecular weight is 373 g/mol. The molecule has 0 radical (unpaired) electrons. The van der Waals surface area contributed by atoms with E-state index >= 15 is 0 Å². The van der Waals surface area contributed by atoms with Crippen molar-refractivity contribution in [1.82, 2.24) is 25.1 Å². The van der Waals surface area contributed by atoms with Gasteiger partial charge in [-0.3, -0.25) is 10.1 Å². The average Bonchev–Trinajstić information content (AvgIpc) is 2.96. The van der Waals surface area contributed by atoms with Gasteiger partial charge in [-0.25, -0.2) is 9.59 Å². The first-order valence-electron chi connectivity index (χ1n) is 7.48. The van der Waals surface area contributed by atoms with Crippen molar-refractivity contribution in [2.75, 3.05) is 5.32 Å². The maximum absolute atomic E-state index is 12.3. The molecule has 0 saturated heterocycles. The highest BCUT2D eigenvalue weighted by Crippen LogP contribution is 2.16. The van der Waals surface area contributed by atoms with Crippen LogP contribution in [0, 0.1) is 0 Å². The zero-order valence-electron chi connectivity index (χ0n) is 13.3. The number of amides is 3. The summed E-state index contributed by atoms with van der Waals surface area (Å²) in [5.41, 5.74) is 0.212. The Bertz CT molecular complexity index is 998. The molecule has 0 spiro atoms. The normalized spacial score (nSPS) is 10.3. The number of benzene rings is 2. The lowest BCUT2D eigenvalue weighted by atomic mass is 10.3. The molecule has 0 bridgehead atoms. The van der Waals surface area contributed by atoms with E-state index in [2.05, 4.69) is 21.1 Å². The number of carbonyl (C=O) groups is 2. The van der Waals surface area contributed by atoms with Crippen molar-refractivity contribution in [2.45, 2.75) is 6.54 Å². The predicted octanol–water partition coefficient (Wildman–Crippen LogP) is 1.43.